The van der Waals surface area contributed by atoms with Crippen LogP contribution in [-0.2, 0) is 22.8 Å². The fourth-order valence-electron chi connectivity index (χ4n) is 3.68. The first-order valence-corrected chi connectivity index (χ1v) is 10.3. The van der Waals surface area contributed by atoms with Gasteiger partial charge in [0.2, 0.25) is 0 Å². The summed E-state index contributed by atoms with van der Waals surface area (Å²) < 4.78 is 6.81. The van der Waals surface area contributed by atoms with Crippen LogP contribution in [0.5, 0.6) is 0 Å². The highest BCUT2D eigenvalue weighted by Crippen LogP contribution is 2.41. The van der Waals surface area contributed by atoms with Crippen molar-refractivity contribution in [1.82, 2.24) is 0 Å². The topological polar surface area (TPSA) is 9.23 Å². The molecule has 0 amide bonds. The number of hydrogen-bond donors (Lipinski definition) is 0. The van der Waals surface area contributed by atoms with E-state index in [2.05, 4.69) is 97.1 Å². The SMILES string of the molecule is ClCc1ccc(COC(c2ccccc2)(c2ccccc2)c2ccccc2)cc1. The minimum absolute atomic E-state index is 0.487. The van der Waals surface area contributed by atoms with Crippen LogP contribution in [0.15, 0.2) is 115 Å². The number of benzene rings is 4. The molecule has 0 bridgehead atoms. The lowest BCUT2D eigenvalue weighted by molar-refractivity contribution is 0.000240. The highest BCUT2D eigenvalue weighted by molar-refractivity contribution is 6.17. The fourth-order valence-corrected chi connectivity index (χ4v) is 3.86. The molecule has 0 heterocycles. The summed E-state index contributed by atoms with van der Waals surface area (Å²) in [5.74, 6) is 0.517. The second kappa shape index (κ2) is 9.09. The average molecular weight is 399 g/mol. The first-order chi connectivity index (χ1) is 14.3. The van der Waals surface area contributed by atoms with Gasteiger partial charge < -0.3 is 4.74 Å². The fraction of sp³-hybridized carbons (Fsp3) is 0.111. The summed E-state index contributed by atoms with van der Waals surface area (Å²) >= 11 is 5.94. The zero-order chi connectivity index (χ0) is 19.9. The largest absolute Gasteiger partial charge is 0.356 e. The smallest absolute Gasteiger partial charge is 0.144 e. The third kappa shape index (κ3) is 4.12. The van der Waals surface area contributed by atoms with Gasteiger partial charge in [0, 0.05) is 5.88 Å². The van der Waals surface area contributed by atoms with Gasteiger partial charge in [-0.05, 0) is 27.8 Å². The summed E-state index contributed by atoms with van der Waals surface area (Å²) in [6, 6.07) is 39.6. The van der Waals surface area contributed by atoms with Crippen LogP contribution in [-0.4, -0.2) is 0 Å². The van der Waals surface area contributed by atoms with Crippen molar-refractivity contribution in [2.24, 2.45) is 0 Å². The molecule has 29 heavy (non-hydrogen) atoms. The lowest BCUT2D eigenvalue weighted by atomic mass is 9.80. The van der Waals surface area contributed by atoms with Gasteiger partial charge in [-0.2, -0.15) is 0 Å². The molecule has 4 aromatic carbocycles. The van der Waals surface area contributed by atoms with Crippen LogP contribution in [0.1, 0.15) is 27.8 Å². The number of rotatable bonds is 7. The van der Waals surface area contributed by atoms with Crippen molar-refractivity contribution >= 4 is 11.6 Å². The Kier molecular flexibility index (Phi) is 6.09. The van der Waals surface area contributed by atoms with E-state index in [0.717, 1.165) is 27.8 Å². The maximum atomic E-state index is 6.81. The molecule has 0 saturated heterocycles. The molecule has 0 aliphatic carbocycles. The molecule has 2 heteroatoms. The van der Waals surface area contributed by atoms with Crippen molar-refractivity contribution in [1.29, 1.82) is 0 Å². The molecule has 0 unspecified atom stereocenters. The van der Waals surface area contributed by atoms with Crippen LogP contribution < -0.4 is 0 Å². The van der Waals surface area contributed by atoms with Gasteiger partial charge in [0.1, 0.15) is 5.60 Å². The summed E-state index contributed by atoms with van der Waals surface area (Å²) in [5.41, 5.74) is 4.84. The predicted octanol–water partition coefficient (Wildman–Crippen LogP) is 6.93. The van der Waals surface area contributed by atoms with Gasteiger partial charge in [0.25, 0.3) is 0 Å². The summed E-state index contributed by atoms with van der Waals surface area (Å²) in [7, 11) is 0. The molecule has 0 atom stereocenters. The third-order valence-electron chi connectivity index (χ3n) is 5.17. The van der Waals surface area contributed by atoms with Gasteiger partial charge in [-0.25, -0.2) is 0 Å². The van der Waals surface area contributed by atoms with Crippen LogP contribution in [0, 0.1) is 0 Å². The quantitative estimate of drug-likeness (QED) is 0.242. The highest BCUT2D eigenvalue weighted by atomic mass is 35.5. The van der Waals surface area contributed by atoms with Crippen LogP contribution in [0.25, 0.3) is 0 Å². The summed E-state index contributed by atoms with van der Waals surface area (Å²) in [6.45, 7) is 0.487. The van der Waals surface area contributed by atoms with Crippen molar-refractivity contribution in [2.75, 3.05) is 0 Å². The Bertz CT molecular complexity index is 916. The lowest BCUT2D eigenvalue weighted by Gasteiger charge is -2.36. The normalized spacial score (nSPS) is 11.3. The van der Waals surface area contributed by atoms with E-state index in [4.69, 9.17) is 16.3 Å². The summed E-state index contributed by atoms with van der Waals surface area (Å²) in [6.07, 6.45) is 0. The molecular weight excluding hydrogens is 376 g/mol. The molecule has 144 valence electrons. The Morgan fingerprint density at radius 1 is 0.517 bits per heavy atom. The zero-order valence-corrected chi connectivity index (χ0v) is 16.9. The monoisotopic (exact) mass is 398 g/mol. The first-order valence-electron chi connectivity index (χ1n) is 9.77. The second-order valence-corrected chi connectivity index (χ2v) is 7.29. The Labute approximate surface area is 177 Å². The van der Waals surface area contributed by atoms with Crippen LogP contribution in [0.2, 0.25) is 0 Å². The van der Waals surface area contributed by atoms with E-state index in [1.807, 2.05) is 18.2 Å². The van der Waals surface area contributed by atoms with Crippen molar-refractivity contribution in [3.63, 3.8) is 0 Å². The maximum absolute atomic E-state index is 6.81. The van der Waals surface area contributed by atoms with E-state index in [-0.39, 0.29) is 0 Å². The van der Waals surface area contributed by atoms with Crippen molar-refractivity contribution in [3.8, 4) is 0 Å². The van der Waals surface area contributed by atoms with E-state index in [9.17, 15) is 0 Å². The summed E-state index contributed by atoms with van der Waals surface area (Å²) in [4.78, 5) is 0. The van der Waals surface area contributed by atoms with E-state index in [0.29, 0.717) is 12.5 Å². The first kappa shape index (κ1) is 19.4. The zero-order valence-electron chi connectivity index (χ0n) is 16.2. The lowest BCUT2D eigenvalue weighted by Crippen LogP contribution is -2.32. The molecule has 0 saturated carbocycles. The van der Waals surface area contributed by atoms with Gasteiger partial charge in [0.05, 0.1) is 6.61 Å². The number of alkyl halides is 1. The molecular formula is C27H23ClO. The number of halogens is 1. The molecule has 4 rings (SSSR count). The summed E-state index contributed by atoms with van der Waals surface area (Å²) in [5, 5.41) is 0. The molecule has 1 nitrogen and oxygen atoms in total. The third-order valence-corrected chi connectivity index (χ3v) is 5.48. The van der Waals surface area contributed by atoms with Gasteiger partial charge in [0.15, 0.2) is 0 Å². The van der Waals surface area contributed by atoms with E-state index in [1.165, 1.54) is 0 Å². The Hall–Kier alpha value is -2.87. The molecule has 0 radical (unpaired) electrons. The van der Waals surface area contributed by atoms with Crippen LogP contribution in [0.4, 0.5) is 0 Å². The minimum Gasteiger partial charge on any atom is -0.356 e. The van der Waals surface area contributed by atoms with E-state index in [1.54, 1.807) is 0 Å². The van der Waals surface area contributed by atoms with Crippen LogP contribution >= 0.6 is 11.6 Å². The maximum Gasteiger partial charge on any atom is 0.144 e. The van der Waals surface area contributed by atoms with Gasteiger partial charge in [-0.15, -0.1) is 11.6 Å². The van der Waals surface area contributed by atoms with Gasteiger partial charge in [-0.1, -0.05) is 115 Å². The molecule has 0 aromatic heterocycles. The Morgan fingerprint density at radius 2 is 0.897 bits per heavy atom. The van der Waals surface area contributed by atoms with Crippen molar-refractivity contribution < 1.29 is 4.74 Å². The number of ether oxygens (including phenoxy) is 1. The molecule has 0 N–H and O–H groups in total. The Morgan fingerprint density at radius 3 is 1.28 bits per heavy atom. The van der Waals surface area contributed by atoms with Gasteiger partial charge >= 0.3 is 0 Å². The second-order valence-electron chi connectivity index (χ2n) is 7.02. The molecule has 4 aromatic rings. The van der Waals surface area contributed by atoms with Crippen LogP contribution in [0.3, 0.4) is 0 Å². The van der Waals surface area contributed by atoms with Crippen molar-refractivity contribution in [2.45, 2.75) is 18.1 Å². The highest BCUT2D eigenvalue weighted by Gasteiger charge is 2.37. The Balaban J connectivity index is 1.83. The van der Waals surface area contributed by atoms with Gasteiger partial charge in [-0.3, -0.25) is 0 Å². The molecule has 0 aliphatic rings. The van der Waals surface area contributed by atoms with E-state index >= 15 is 0 Å². The molecule has 0 fully saturated rings. The molecule has 0 spiro atoms. The standard InChI is InChI=1S/C27H23ClO/c28-20-22-16-18-23(19-17-22)21-29-27(24-10-4-1-5-11-24,25-12-6-2-7-13-25)26-14-8-3-9-15-26/h1-19H,20-21H2. The number of hydrogen-bond acceptors (Lipinski definition) is 1. The van der Waals surface area contributed by atoms with Crippen molar-refractivity contribution in [3.05, 3.63) is 143 Å². The van der Waals surface area contributed by atoms with E-state index < -0.39 is 5.60 Å². The minimum atomic E-state index is -0.699. The predicted molar refractivity (Wildman–Crippen MR) is 120 cm³/mol. The molecule has 0 aliphatic heterocycles. The average Bonchev–Trinajstić information content (AvgIpc) is 2.82.